The van der Waals surface area contributed by atoms with Crippen LogP contribution in [0.25, 0.3) is 65.6 Å². The van der Waals surface area contributed by atoms with Crippen LogP contribution in [0.4, 0.5) is 17.1 Å². The molecule has 3 nitrogen and oxygen atoms in total. The van der Waals surface area contributed by atoms with Gasteiger partial charge in [-0.25, -0.2) is 4.98 Å². The molecule has 0 radical (unpaired) electrons. The van der Waals surface area contributed by atoms with Crippen molar-refractivity contribution in [3.05, 3.63) is 158 Å². The molecule has 0 fully saturated rings. The molecule has 9 aromatic rings. The average Bonchev–Trinajstić information content (AvgIpc) is 3.56. The fourth-order valence-electron chi connectivity index (χ4n) is 6.63. The van der Waals surface area contributed by atoms with Crippen LogP contribution in [0.2, 0.25) is 0 Å². The fraction of sp³-hybridized carbons (Fsp3) is 0. The number of nitrogens with zero attached hydrogens (tertiary/aromatic N) is 2. The molecule has 3 heteroatoms. The van der Waals surface area contributed by atoms with Gasteiger partial charge in [0.05, 0.1) is 5.69 Å². The Morgan fingerprint density at radius 3 is 1.68 bits per heavy atom. The van der Waals surface area contributed by atoms with Gasteiger partial charge in [0.2, 0.25) is 5.89 Å². The summed E-state index contributed by atoms with van der Waals surface area (Å²) in [7, 11) is 0. The van der Waals surface area contributed by atoms with Gasteiger partial charge < -0.3 is 9.32 Å². The van der Waals surface area contributed by atoms with Gasteiger partial charge in [0, 0.05) is 33.1 Å². The van der Waals surface area contributed by atoms with Crippen LogP contribution in [-0.2, 0) is 0 Å². The van der Waals surface area contributed by atoms with Gasteiger partial charge in [0.25, 0.3) is 0 Å². The van der Waals surface area contributed by atoms with E-state index in [1.54, 1.807) is 0 Å². The van der Waals surface area contributed by atoms with Crippen molar-refractivity contribution in [3.63, 3.8) is 0 Å². The summed E-state index contributed by atoms with van der Waals surface area (Å²) in [5.41, 5.74) is 5.96. The first kappa shape index (κ1) is 24.6. The van der Waals surface area contributed by atoms with Gasteiger partial charge in [0.1, 0.15) is 5.52 Å². The predicted molar refractivity (Wildman–Crippen MR) is 184 cm³/mol. The van der Waals surface area contributed by atoms with Crippen LogP contribution in [0.3, 0.4) is 0 Å². The van der Waals surface area contributed by atoms with Crippen molar-refractivity contribution in [2.75, 3.05) is 4.90 Å². The van der Waals surface area contributed by atoms with Gasteiger partial charge in [-0.15, -0.1) is 0 Å². The highest BCUT2D eigenvalue weighted by Crippen LogP contribution is 2.43. The van der Waals surface area contributed by atoms with Crippen LogP contribution in [0, 0.1) is 0 Å². The van der Waals surface area contributed by atoms with Crippen LogP contribution < -0.4 is 4.90 Å². The highest BCUT2D eigenvalue weighted by molar-refractivity contribution is 6.23. The highest BCUT2D eigenvalue weighted by Gasteiger charge is 2.19. The fourth-order valence-corrected chi connectivity index (χ4v) is 6.63. The lowest BCUT2D eigenvalue weighted by molar-refractivity contribution is 0.623. The molecule has 0 aliphatic rings. The van der Waals surface area contributed by atoms with Gasteiger partial charge in [-0.1, -0.05) is 115 Å². The molecule has 44 heavy (non-hydrogen) atoms. The number of oxazole rings is 1. The maximum atomic E-state index is 6.53. The van der Waals surface area contributed by atoms with Crippen molar-refractivity contribution in [2.24, 2.45) is 0 Å². The Morgan fingerprint density at radius 2 is 0.955 bits per heavy atom. The molecule has 9 rings (SSSR count). The number of hydrogen-bond acceptors (Lipinski definition) is 3. The largest absolute Gasteiger partial charge is 0.435 e. The molecule has 0 saturated carbocycles. The third-order valence-corrected chi connectivity index (χ3v) is 8.65. The zero-order valence-corrected chi connectivity index (χ0v) is 23.8. The second kappa shape index (κ2) is 9.82. The first-order valence-corrected chi connectivity index (χ1v) is 14.9. The maximum Gasteiger partial charge on any atom is 0.227 e. The Morgan fingerprint density at radius 1 is 0.432 bits per heavy atom. The van der Waals surface area contributed by atoms with E-state index in [2.05, 4.69) is 163 Å². The summed E-state index contributed by atoms with van der Waals surface area (Å²) in [5, 5.41) is 9.46. The quantitative estimate of drug-likeness (QED) is 0.200. The molecule has 0 aliphatic carbocycles. The van der Waals surface area contributed by atoms with E-state index in [1.165, 1.54) is 32.3 Å². The van der Waals surface area contributed by atoms with Gasteiger partial charge in [-0.2, -0.15) is 0 Å². The molecule has 0 saturated heterocycles. The molecule has 0 atom stereocenters. The topological polar surface area (TPSA) is 29.3 Å². The summed E-state index contributed by atoms with van der Waals surface area (Å²) in [6.45, 7) is 0. The Bertz CT molecular complexity index is 2420. The number of aromatic nitrogens is 1. The standard InChI is InChI=1S/C41H26N2O/c1-2-13-29(14-3-1)43(38-26-28-12-4-5-15-31(28)32-16-6-9-19-35(32)38)30-24-22-27(23-25-30)41-42-39-36-20-10-7-17-33(36)34-18-8-11-21-37(34)40(39)44-41/h1-26H. The van der Waals surface area contributed by atoms with Crippen LogP contribution >= 0.6 is 0 Å². The van der Waals surface area contributed by atoms with Crippen molar-refractivity contribution < 1.29 is 4.42 Å². The van der Waals surface area contributed by atoms with E-state index in [-0.39, 0.29) is 0 Å². The number of hydrogen-bond donors (Lipinski definition) is 0. The van der Waals surface area contributed by atoms with Crippen molar-refractivity contribution >= 4 is 71.3 Å². The Hall–Kier alpha value is -5.93. The van der Waals surface area contributed by atoms with Crippen LogP contribution in [0.5, 0.6) is 0 Å². The average molecular weight is 563 g/mol. The summed E-state index contributed by atoms with van der Waals surface area (Å²) >= 11 is 0. The van der Waals surface area contributed by atoms with Gasteiger partial charge in [-0.05, 0) is 69.4 Å². The molecule has 1 aromatic heterocycles. The number of fused-ring (bicyclic) bond motifs is 9. The molecule has 0 amide bonds. The normalized spacial score (nSPS) is 11.6. The minimum absolute atomic E-state index is 0.621. The maximum absolute atomic E-state index is 6.53. The minimum Gasteiger partial charge on any atom is -0.435 e. The minimum atomic E-state index is 0.621. The number of para-hydroxylation sites is 1. The molecule has 206 valence electrons. The number of rotatable bonds is 4. The molecule has 8 aromatic carbocycles. The number of anilines is 3. The smallest absolute Gasteiger partial charge is 0.227 e. The summed E-state index contributed by atoms with van der Waals surface area (Å²) < 4.78 is 6.53. The number of benzene rings is 8. The van der Waals surface area contributed by atoms with Gasteiger partial charge in [-0.3, -0.25) is 0 Å². The Labute approximate surface area is 254 Å². The summed E-state index contributed by atoms with van der Waals surface area (Å²) in [6.07, 6.45) is 0. The van der Waals surface area contributed by atoms with E-state index in [9.17, 15) is 0 Å². The molecular weight excluding hydrogens is 536 g/mol. The zero-order valence-electron chi connectivity index (χ0n) is 23.8. The summed E-state index contributed by atoms with van der Waals surface area (Å²) in [4.78, 5) is 7.39. The Balaban J connectivity index is 1.22. The summed E-state index contributed by atoms with van der Waals surface area (Å²) in [5.74, 6) is 0.621. The van der Waals surface area contributed by atoms with E-state index >= 15 is 0 Å². The van der Waals surface area contributed by atoms with Gasteiger partial charge in [0.15, 0.2) is 5.58 Å². The molecule has 0 aliphatic heterocycles. The second-order valence-corrected chi connectivity index (χ2v) is 11.2. The molecule has 1 heterocycles. The molecule has 0 N–H and O–H groups in total. The van der Waals surface area contributed by atoms with E-state index in [0.29, 0.717) is 5.89 Å². The van der Waals surface area contributed by atoms with Crippen molar-refractivity contribution in [1.82, 2.24) is 4.98 Å². The molecule has 0 unspecified atom stereocenters. The van der Waals surface area contributed by atoms with Crippen LogP contribution in [0.1, 0.15) is 0 Å². The SMILES string of the molecule is c1ccc(N(c2ccc(-c3nc4c5ccccc5c5ccccc5c4o3)cc2)c2cc3ccccc3c3ccccc23)cc1. The molecule has 0 spiro atoms. The van der Waals surface area contributed by atoms with Crippen LogP contribution in [-0.4, -0.2) is 4.98 Å². The van der Waals surface area contributed by atoms with E-state index in [4.69, 9.17) is 9.40 Å². The monoisotopic (exact) mass is 562 g/mol. The lowest BCUT2D eigenvalue weighted by Crippen LogP contribution is -2.10. The highest BCUT2D eigenvalue weighted by atomic mass is 16.3. The van der Waals surface area contributed by atoms with Crippen molar-refractivity contribution in [3.8, 4) is 11.5 Å². The van der Waals surface area contributed by atoms with E-state index < -0.39 is 0 Å². The zero-order chi connectivity index (χ0) is 29.0. The predicted octanol–water partition coefficient (Wildman–Crippen LogP) is 11.6. The van der Waals surface area contributed by atoms with E-state index in [0.717, 1.165) is 44.5 Å². The molecular formula is C41H26N2O. The van der Waals surface area contributed by atoms with Crippen molar-refractivity contribution in [1.29, 1.82) is 0 Å². The first-order chi connectivity index (χ1) is 21.8. The molecule has 0 bridgehead atoms. The Kier molecular flexibility index (Phi) is 5.50. The van der Waals surface area contributed by atoms with Crippen molar-refractivity contribution in [2.45, 2.75) is 0 Å². The third-order valence-electron chi connectivity index (χ3n) is 8.65. The van der Waals surface area contributed by atoms with E-state index in [1.807, 2.05) is 0 Å². The lowest BCUT2D eigenvalue weighted by Gasteiger charge is -2.27. The lowest BCUT2D eigenvalue weighted by atomic mass is 9.99. The van der Waals surface area contributed by atoms with Gasteiger partial charge >= 0.3 is 0 Å². The summed E-state index contributed by atoms with van der Waals surface area (Å²) in [6, 6.07) is 55.6. The first-order valence-electron chi connectivity index (χ1n) is 14.9. The third kappa shape index (κ3) is 3.80. The second-order valence-electron chi connectivity index (χ2n) is 11.2. The van der Waals surface area contributed by atoms with Crippen LogP contribution in [0.15, 0.2) is 162 Å².